The lowest BCUT2D eigenvalue weighted by molar-refractivity contribution is -0.142. The molecule has 0 unspecified atom stereocenters. The van der Waals surface area contributed by atoms with Gasteiger partial charge < -0.3 is 11.1 Å². The molecule has 5 rings (SSSR count). The van der Waals surface area contributed by atoms with Gasteiger partial charge >= 0.3 is 0 Å². The minimum atomic E-state index is -1.35. The first-order chi connectivity index (χ1) is 16.4. The second kappa shape index (κ2) is 8.36. The number of nitrogens with zero attached hydrogens (tertiary/aromatic N) is 1. The monoisotopic (exact) mass is 460 g/mol. The maximum Gasteiger partial charge on any atom is 0.250 e. The van der Waals surface area contributed by atoms with E-state index in [1.165, 1.54) is 4.90 Å². The molecule has 176 valence electrons. The highest BCUT2D eigenvalue weighted by Gasteiger charge is 2.70. The second-order valence-corrected chi connectivity index (χ2v) is 9.32. The van der Waals surface area contributed by atoms with Crippen LogP contribution in [0.4, 0.5) is 5.69 Å². The van der Waals surface area contributed by atoms with Gasteiger partial charge in [-0.3, -0.25) is 29.4 Å². The van der Waals surface area contributed by atoms with Crippen LogP contribution < -0.4 is 16.4 Å². The normalized spacial score (nSPS) is 27.3. The first-order valence-electron chi connectivity index (χ1n) is 11.8. The number of rotatable bonds is 7. The van der Waals surface area contributed by atoms with Crippen LogP contribution in [0.1, 0.15) is 36.5 Å². The molecule has 1 spiro atoms. The van der Waals surface area contributed by atoms with Crippen LogP contribution >= 0.6 is 0 Å². The Hall–Kier alpha value is -3.52. The summed E-state index contributed by atoms with van der Waals surface area (Å²) < 4.78 is 0. The summed E-state index contributed by atoms with van der Waals surface area (Å²) >= 11 is 0. The number of imide groups is 1. The fourth-order valence-electron chi connectivity index (χ4n) is 5.78. The summed E-state index contributed by atoms with van der Waals surface area (Å²) in [5.41, 5.74) is 7.44. The predicted molar refractivity (Wildman–Crippen MR) is 125 cm³/mol. The zero-order valence-electron chi connectivity index (χ0n) is 19.0. The highest BCUT2D eigenvalue weighted by atomic mass is 16.2. The Kier molecular flexibility index (Phi) is 5.48. The van der Waals surface area contributed by atoms with Gasteiger partial charge in [-0.1, -0.05) is 49.4 Å². The predicted octanol–water partition coefficient (Wildman–Crippen LogP) is 1.48. The van der Waals surface area contributed by atoms with Crippen LogP contribution in [0.15, 0.2) is 48.5 Å². The van der Waals surface area contributed by atoms with Crippen LogP contribution in [-0.2, 0) is 37.6 Å². The average Bonchev–Trinajstić information content (AvgIpc) is 3.41. The number of carbonyl (C=O) groups excluding carboxylic acids is 4. The summed E-state index contributed by atoms with van der Waals surface area (Å²) in [5, 5.41) is 6.26. The van der Waals surface area contributed by atoms with Crippen LogP contribution in [-0.4, -0.2) is 41.1 Å². The number of benzene rings is 2. The Morgan fingerprint density at radius 3 is 2.53 bits per heavy atom. The van der Waals surface area contributed by atoms with Crippen LogP contribution in [0, 0.1) is 11.8 Å². The van der Waals surface area contributed by atoms with E-state index in [0.717, 1.165) is 17.5 Å². The van der Waals surface area contributed by atoms with E-state index in [2.05, 4.69) is 10.6 Å². The number of anilines is 1. The van der Waals surface area contributed by atoms with Gasteiger partial charge in [0.1, 0.15) is 5.54 Å². The quantitative estimate of drug-likeness (QED) is 0.541. The van der Waals surface area contributed by atoms with Gasteiger partial charge in [0, 0.05) is 30.3 Å². The van der Waals surface area contributed by atoms with E-state index in [9.17, 15) is 19.2 Å². The topological polar surface area (TPSA) is 122 Å². The maximum atomic E-state index is 13.8. The zero-order chi connectivity index (χ0) is 24.0. The Bertz CT molecular complexity index is 1180. The van der Waals surface area contributed by atoms with Crippen LogP contribution in [0.25, 0.3) is 0 Å². The number of hydrogen-bond donors (Lipinski definition) is 3. The molecule has 3 aliphatic heterocycles. The minimum Gasteiger partial charge on any atom is -0.370 e. The van der Waals surface area contributed by atoms with E-state index in [1.807, 2.05) is 55.5 Å². The van der Waals surface area contributed by atoms with Gasteiger partial charge in [0.2, 0.25) is 23.6 Å². The molecular weight excluding hydrogens is 432 g/mol. The number of likely N-dealkylation sites (tertiary alicyclic amines) is 1. The van der Waals surface area contributed by atoms with Gasteiger partial charge in [-0.25, -0.2) is 0 Å². The third-order valence-electron chi connectivity index (χ3n) is 7.45. The molecule has 2 aromatic carbocycles. The van der Waals surface area contributed by atoms with Crippen LogP contribution in [0.2, 0.25) is 0 Å². The van der Waals surface area contributed by atoms with Crippen molar-refractivity contribution in [2.75, 3.05) is 11.9 Å². The molecule has 4 N–H and O–H groups in total. The van der Waals surface area contributed by atoms with Crippen molar-refractivity contribution in [3.05, 3.63) is 65.2 Å². The first-order valence-corrected chi connectivity index (χ1v) is 11.8. The Labute approximate surface area is 197 Å². The van der Waals surface area contributed by atoms with Crippen LogP contribution in [0.5, 0.6) is 0 Å². The molecule has 0 bridgehead atoms. The van der Waals surface area contributed by atoms with E-state index in [0.29, 0.717) is 17.7 Å². The number of amides is 4. The standard InChI is InChI=1S/C26H28N4O4/c1-2-15-8-9-18-17(14-15)26(25(34)28-18)22-21(19(29-26)10-11-20(27)31)23(32)30(24(22)33)13-12-16-6-4-3-5-7-16/h3-9,14,19,21-22,29H,2,10-13H2,1H3,(H2,27,31)(H,28,34)/t19-,21-,22-,26-/m1/s1. The highest BCUT2D eigenvalue weighted by Crippen LogP contribution is 2.53. The maximum absolute atomic E-state index is 13.8. The van der Waals surface area contributed by atoms with E-state index >= 15 is 0 Å². The molecule has 8 nitrogen and oxygen atoms in total. The van der Waals surface area contributed by atoms with Gasteiger partial charge in [0.05, 0.1) is 11.8 Å². The fourth-order valence-corrected chi connectivity index (χ4v) is 5.78. The van der Waals surface area contributed by atoms with Crippen molar-refractivity contribution < 1.29 is 19.2 Å². The van der Waals surface area contributed by atoms with Crippen molar-refractivity contribution in [3.8, 4) is 0 Å². The molecule has 2 aromatic rings. The largest absolute Gasteiger partial charge is 0.370 e. The number of hydrogen-bond acceptors (Lipinski definition) is 5. The van der Waals surface area contributed by atoms with E-state index in [1.54, 1.807) is 0 Å². The number of nitrogens with one attached hydrogen (secondary N) is 2. The number of primary amides is 1. The molecule has 3 heterocycles. The number of fused-ring (bicyclic) bond motifs is 4. The fraction of sp³-hybridized carbons (Fsp3) is 0.385. The van der Waals surface area contributed by atoms with E-state index in [-0.39, 0.29) is 37.1 Å². The highest BCUT2D eigenvalue weighted by molar-refractivity contribution is 6.15. The molecular formula is C26H28N4O4. The van der Waals surface area contributed by atoms with Crippen molar-refractivity contribution in [2.24, 2.45) is 17.6 Å². The molecule has 3 aliphatic rings. The summed E-state index contributed by atoms with van der Waals surface area (Å²) in [5.74, 6) is -3.06. The smallest absolute Gasteiger partial charge is 0.250 e. The molecule has 8 heteroatoms. The molecule has 4 atom stereocenters. The van der Waals surface area contributed by atoms with Crippen molar-refractivity contribution in [2.45, 2.75) is 44.2 Å². The van der Waals surface area contributed by atoms with Crippen molar-refractivity contribution >= 4 is 29.3 Å². The van der Waals surface area contributed by atoms with Crippen molar-refractivity contribution in [3.63, 3.8) is 0 Å². The summed E-state index contributed by atoms with van der Waals surface area (Å²) in [7, 11) is 0. The molecule has 2 saturated heterocycles. The molecule has 0 radical (unpaired) electrons. The number of nitrogens with two attached hydrogens (primary N) is 1. The molecule has 2 fully saturated rings. The second-order valence-electron chi connectivity index (χ2n) is 9.32. The first kappa shape index (κ1) is 22.3. The molecule has 0 aliphatic carbocycles. The molecule has 0 saturated carbocycles. The summed E-state index contributed by atoms with van der Waals surface area (Å²) in [6, 6.07) is 14.9. The molecule has 34 heavy (non-hydrogen) atoms. The molecule has 0 aromatic heterocycles. The third-order valence-corrected chi connectivity index (χ3v) is 7.45. The van der Waals surface area contributed by atoms with Gasteiger partial charge in [-0.2, -0.15) is 0 Å². The Morgan fingerprint density at radius 1 is 1.06 bits per heavy atom. The lowest BCUT2D eigenvalue weighted by Gasteiger charge is -2.29. The lowest BCUT2D eigenvalue weighted by atomic mass is 9.76. The molecule has 4 amide bonds. The van der Waals surface area contributed by atoms with Crippen LogP contribution in [0.3, 0.4) is 0 Å². The van der Waals surface area contributed by atoms with Crippen molar-refractivity contribution in [1.29, 1.82) is 0 Å². The zero-order valence-corrected chi connectivity index (χ0v) is 19.0. The van der Waals surface area contributed by atoms with E-state index < -0.39 is 29.3 Å². The van der Waals surface area contributed by atoms with E-state index in [4.69, 9.17) is 5.73 Å². The van der Waals surface area contributed by atoms with Gasteiger partial charge in [-0.05, 0) is 36.5 Å². The minimum absolute atomic E-state index is 0.0614. The summed E-state index contributed by atoms with van der Waals surface area (Å²) in [6.07, 6.45) is 1.64. The SMILES string of the molecule is CCc1ccc2c(c1)[C@]1(N[C@H](CCC(N)=O)[C@H]3C(=O)N(CCc4ccccc4)C(=O)[C@@H]31)C(=O)N2. The Balaban J connectivity index is 1.54. The number of aryl methyl sites for hydroxylation is 1. The van der Waals surface area contributed by atoms with Gasteiger partial charge in [0.25, 0.3) is 0 Å². The average molecular weight is 461 g/mol. The van der Waals surface area contributed by atoms with Gasteiger partial charge in [-0.15, -0.1) is 0 Å². The lowest BCUT2D eigenvalue weighted by Crippen LogP contribution is -2.53. The van der Waals surface area contributed by atoms with Gasteiger partial charge in [0.15, 0.2) is 0 Å². The van der Waals surface area contributed by atoms with Crippen molar-refractivity contribution in [1.82, 2.24) is 10.2 Å². The third kappa shape index (κ3) is 3.32. The summed E-state index contributed by atoms with van der Waals surface area (Å²) in [6.45, 7) is 2.27. The number of carbonyl (C=O) groups is 4. The Morgan fingerprint density at radius 2 is 1.82 bits per heavy atom. The summed E-state index contributed by atoms with van der Waals surface area (Å²) in [4.78, 5) is 53.6.